The second-order valence-electron chi connectivity index (χ2n) is 9.34. The van der Waals surface area contributed by atoms with Gasteiger partial charge in [0, 0.05) is 11.1 Å². The quantitative estimate of drug-likeness (QED) is 0.109. The number of nitrogens with zero attached hydrogens (tertiary/aromatic N) is 1. The highest BCUT2D eigenvalue weighted by Gasteiger charge is 2.46. The molecule has 8 nitrogen and oxygen atoms in total. The number of esters is 1. The van der Waals surface area contributed by atoms with E-state index >= 15 is 0 Å². The molecular weight excluding hydrogens is 540 g/mol. The van der Waals surface area contributed by atoms with E-state index in [0.29, 0.717) is 22.4 Å². The van der Waals surface area contributed by atoms with E-state index in [9.17, 15) is 19.2 Å². The topological polar surface area (TPSA) is 112 Å². The van der Waals surface area contributed by atoms with E-state index in [-0.39, 0.29) is 16.3 Å². The zero-order valence-electron chi connectivity index (χ0n) is 21.7. The first-order chi connectivity index (χ1) is 19.9. The number of cyclic esters (lactones) is 1. The monoisotopic (exact) mass is 562 g/mol. The van der Waals surface area contributed by atoms with Crippen molar-refractivity contribution in [2.45, 2.75) is 6.10 Å². The summed E-state index contributed by atoms with van der Waals surface area (Å²) in [5.74, 6) is -4.36. The minimum Gasteiger partial charge on any atom is -0.497 e. The standard InChI is InChI=1S/C32H22N2O6S/c1-39-19-15-16-24-25(17-19)41-32(33-24)34-30(37)28(36)26(29-22-13-7-8-14-23(22)31(38)40-29)27(35)21-12-6-5-11-20(21)18-9-3-2-4-10-18/h2-17,26,29H,1H3,(H,33,34,37)/t26-,29+/m0/s1. The minimum absolute atomic E-state index is 0.186. The summed E-state index contributed by atoms with van der Waals surface area (Å²) in [6.45, 7) is 0. The molecule has 0 radical (unpaired) electrons. The van der Waals surface area contributed by atoms with Crippen molar-refractivity contribution in [1.82, 2.24) is 4.98 Å². The molecule has 202 valence electrons. The largest absolute Gasteiger partial charge is 0.497 e. The van der Waals surface area contributed by atoms with E-state index in [0.717, 1.165) is 21.6 Å². The van der Waals surface area contributed by atoms with Crippen LogP contribution in [0, 0.1) is 5.92 Å². The molecule has 5 aromatic rings. The third-order valence-corrected chi connectivity index (χ3v) is 7.84. The summed E-state index contributed by atoms with van der Waals surface area (Å²) in [5.41, 5.74) is 2.83. The van der Waals surface area contributed by atoms with Crippen LogP contribution in [0.3, 0.4) is 0 Å². The lowest BCUT2D eigenvalue weighted by molar-refractivity contribution is -0.138. The molecule has 0 fully saturated rings. The van der Waals surface area contributed by atoms with Crippen LogP contribution in [0.5, 0.6) is 5.75 Å². The smallest absolute Gasteiger partial charge is 0.339 e. The lowest BCUT2D eigenvalue weighted by Gasteiger charge is -2.22. The summed E-state index contributed by atoms with van der Waals surface area (Å²) in [5, 5.41) is 2.73. The Morgan fingerprint density at radius 3 is 2.39 bits per heavy atom. The van der Waals surface area contributed by atoms with Crippen molar-refractivity contribution in [2.24, 2.45) is 5.92 Å². The van der Waals surface area contributed by atoms with Crippen LogP contribution >= 0.6 is 11.3 Å². The second-order valence-corrected chi connectivity index (χ2v) is 10.4. The Labute approximate surface area is 238 Å². The van der Waals surface area contributed by atoms with Gasteiger partial charge in [-0.3, -0.25) is 19.7 Å². The first kappa shape index (κ1) is 26.1. The van der Waals surface area contributed by atoms with Crippen molar-refractivity contribution in [3.8, 4) is 16.9 Å². The van der Waals surface area contributed by atoms with E-state index in [1.807, 2.05) is 30.3 Å². The van der Waals surface area contributed by atoms with Gasteiger partial charge in [0.2, 0.25) is 5.78 Å². The molecular formula is C32H22N2O6S. The highest BCUT2D eigenvalue weighted by molar-refractivity contribution is 7.22. The fraction of sp³-hybridized carbons (Fsp3) is 0.0938. The summed E-state index contributed by atoms with van der Waals surface area (Å²) in [6.07, 6.45) is -1.27. The third kappa shape index (κ3) is 4.87. The molecule has 1 amide bonds. The van der Waals surface area contributed by atoms with Crippen molar-refractivity contribution < 1.29 is 28.7 Å². The fourth-order valence-corrected chi connectivity index (χ4v) is 5.82. The van der Waals surface area contributed by atoms with Gasteiger partial charge in [-0.15, -0.1) is 0 Å². The van der Waals surface area contributed by atoms with Crippen molar-refractivity contribution >= 4 is 50.1 Å². The normalized spacial score (nSPS) is 14.7. The van der Waals surface area contributed by atoms with Gasteiger partial charge in [-0.1, -0.05) is 84.1 Å². The van der Waals surface area contributed by atoms with Crippen LogP contribution in [0.25, 0.3) is 21.3 Å². The molecule has 1 aliphatic rings. The molecule has 0 spiro atoms. The molecule has 4 aromatic carbocycles. The van der Waals surface area contributed by atoms with Crippen molar-refractivity contribution in [1.29, 1.82) is 0 Å². The molecule has 0 bridgehead atoms. The van der Waals surface area contributed by atoms with E-state index in [1.54, 1.807) is 73.8 Å². The maximum atomic E-state index is 14.2. The molecule has 6 rings (SSSR count). The Hall–Kier alpha value is -5.15. The van der Waals surface area contributed by atoms with Gasteiger partial charge < -0.3 is 9.47 Å². The Bertz CT molecular complexity index is 1830. The number of hydrogen-bond acceptors (Lipinski definition) is 8. The van der Waals surface area contributed by atoms with E-state index in [4.69, 9.17) is 9.47 Å². The van der Waals surface area contributed by atoms with Gasteiger partial charge in [0.15, 0.2) is 10.9 Å². The first-order valence-corrected chi connectivity index (χ1v) is 13.5. The zero-order valence-corrected chi connectivity index (χ0v) is 22.5. The molecule has 1 aromatic heterocycles. The molecule has 0 aliphatic carbocycles. The summed E-state index contributed by atoms with van der Waals surface area (Å²) in [6, 6.07) is 27.9. The minimum atomic E-state index is -1.62. The molecule has 1 aliphatic heterocycles. The average molecular weight is 563 g/mol. The number of anilines is 1. The lowest BCUT2D eigenvalue weighted by Crippen LogP contribution is -2.38. The van der Waals surface area contributed by atoms with Crippen LogP contribution < -0.4 is 10.1 Å². The molecule has 2 atom stereocenters. The Kier molecular flexibility index (Phi) is 6.86. The number of ether oxygens (including phenoxy) is 2. The number of benzene rings is 4. The maximum absolute atomic E-state index is 14.2. The lowest BCUT2D eigenvalue weighted by atomic mass is 9.82. The van der Waals surface area contributed by atoms with Crippen LogP contribution in [0.2, 0.25) is 0 Å². The number of ketones is 2. The van der Waals surface area contributed by atoms with Gasteiger partial charge in [0.05, 0.1) is 22.9 Å². The molecule has 9 heteroatoms. The number of amides is 1. The number of nitrogens with one attached hydrogen (secondary N) is 1. The molecule has 0 unspecified atom stereocenters. The van der Waals surface area contributed by atoms with Crippen LogP contribution in [-0.4, -0.2) is 35.5 Å². The van der Waals surface area contributed by atoms with Gasteiger partial charge in [-0.2, -0.15) is 0 Å². The maximum Gasteiger partial charge on any atom is 0.339 e. The summed E-state index contributed by atoms with van der Waals surface area (Å²) < 4.78 is 11.6. The number of carbonyl (C=O) groups excluding carboxylic acids is 4. The number of carbonyl (C=O) groups is 4. The van der Waals surface area contributed by atoms with Crippen molar-refractivity contribution in [2.75, 3.05) is 12.4 Å². The molecule has 2 heterocycles. The second kappa shape index (κ2) is 10.8. The van der Waals surface area contributed by atoms with Crippen LogP contribution in [0.1, 0.15) is 32.4 Å². The van der Waals surface area contributed by atoms with Gasteiger partial charge in [-0.25, -0.2) is 9.78 Å². The predicted octanol–water partition coefficient (Wildman–Crippen LogP) is 5.89. The molecule has 1 N–H and O–H groups in total. The van der Waals surface area contributed by atoms with E-state index < -0.39 is 35.5 Å². The van der Waals surface area contributed by atoms with Gasteiger partial charge in [-0.05, 0) is 35.4 Å². The van der Waals surface area contributed by atoms with Gasteiger partial charge in [0.1, 0.15) is 17.8 Å². The molecule has 0 saturated carbocycles. The van der Waals surface area contributed by atoms with Gasteiger partial charge in [0.25, 0.3) is 5.91 Å². The Balaban J connectivity index is 1.39. The van der Waals surface area contributed by atoms with Gasteiger partial charge >= 0.3 is 5.97 Å². The number of thiazole rings is 1. The van der Waals surface area contributed by atoms with Crippen molar-refractivity contribution in [3.63, 3.8) is 0 Å². The first-order valence-electron chi connectivity index (χ1n) is 12.7. The van der Waals surface area contributed by atoms with Crippen molar-refractivity contribution in [3.05, 3.63) is 114 Å². The van der Waals surface area contributed by atoms with Crippen LogP contribution in [0.4, 0.5) is 5.13 Å². The SMILES string of the molecule is COc1ccc2nc(NC(=O)C(=O)[C@H](C(=O)c3ccccc3-c3ccccc3)[C@@H]3OC(=O)c4ccccc43)sc2c1. The zero-order chi connectivity index (χ0) is 28.5. The number of rotatable bonds is 8. The number of methoxy groups -OCH3 is 1. The number of aromatic nitrogens is 1. The Morgan fingerprint density at radius 1 is 0.902 bits per heavy atom. The molecule has 41 heavy (non-hydrogen) atoms. The summed E-state index contributed by atoms with van der Waals surface area (Å²) >= 11 is 1.16. The van der Waals surface area contributed by atoms with Crippen LogP contribution in [0.15, 0.2) is 97.1 Å². The highest BCUT2D eigenvalue weighted by Crippen LogP contribution is 2.39. The predicted molar refractivity (Wildman–Crippen MR) is 154 cm³/mol. The van der Waals surface area contributed by atoms with E-state index in [1.165, 1.54) is 0 Å². The number of hydrogen-bond donors (Lipinski definition) is 1. The third-order valence-electron chi connectivity index (χ3n) is 6.91. The molecule has 0 saturated heterocycles. The fourth-order valence-electron chi connectivity index (χ4n) is 4.94. The number of Topliss-reactive ketones (excluding diaryl/α,β-unsaturated/α-hetero) is 2. The van der Waals surface area contributed by atoms with E-state index in [2.05, 4.69) is 10.3 Å². The van der Waals surface area contributed by atoms with Crippen LogP contribution in [-0.2, 0) is 14.3 Å². The highest BCUT2D eigenvalue weighted by atomic mass is 32.1. The summed E-state index contributed by atoms with van der Waals surface area (Å²) in [4.78, 5) is 58.6. The summed E-state index contributed by atoms with van der Waals surface area (Å²) in [7, 11) is 1.55. The number of fused-ring (bicyclic) bond motifs is 2. The Morgan fingerprint density at radius 2 is 1.61 bits per heavy atom. The average Bonchev–Trinajstić information content (AvgIpc) is 3.57.